The highest BCUT2D eigenvalue weighted by Crippen LogP contribution is 2.37. The van der Waals surface area contributed by atoms with Gasteiger partial charge in [0.1, 0.15) is 5.52 Å². The lowest BCUT2D eigenvalue weighted by molar-refractivity contribution is -0.137. The first-order chi connectivity index (χ1) is 13.1. The minimum atomic E-state index is -4.47. The van der Waals surface area contributed by atoms with E-state index < -0.39 is 17.7 Å². The highest BCUT2D eigenvalue weighted by atomic mass is 35.5. The predicted molar refractivity (Wildman–Crippen MR) is 103 cm³/mol. The average molecular weight is 426 g/mol. The van der Waals surface area contributed by atoms with Crippen LogP contribution < -0.4 is 4.74 Å². The van der Waals surface area contributed by atoms with Crippen molar-refractivity contribution < 1.29 is 22.7 Å². The van der Waals surface area contributed by atoms with E-state index >= 15 is 0 Å². The molecule has 3 rings (SSSR count). The van der Waals surface area contributed by atoms with Crippen LogP contribution in [-0.4, -0.2) is 11.0 Å². The Morgan fingerprint density at radius 1 is 1.11 bits per heavy atom. The lowest BCUT2D eigenvalue weighted by Crippen LogP contribution is -2.06. The number of esters is 1. The van der Waals surface area contributed by atoms with Gasteiger partial charge in [0.15, 0.2) is 5.75 Å². The van der Waals surface area contributed by atoms with Gasteiger partial charge in [-0.3, -0.25) is 0 Å². The molecule has 0 N–H and O–H groups in total. The van der Waals surface area contributed by atoms with Gasteiger partial charge in [0, 0.05) is 17.2 Å². The topological polar surface area (TPSA) is 39.2 Å². The highest BCUT2D eigenvalue weighted by molar-refractivity contribution is 6.39. The van der Waals surface area contributed by atoms with Gasteiger partial charge in [0.25, 0.3) is 0 Å². The molecule has 0 bridgehead atoms. The summed E-state index contributed by atoms with van der Waals surface area (Å²) >= 11 is 12.3. The first-order valence-corrected chi connectivity index (χ1v) is 8.73. The fourth-order valence-corrected chi connectivity index (χ4v) is 3.06. The third kappa shape index (κ3) is 4.46. The lowest BCUT2D eigenvalue weighted by atomic mass is 10.1. The lowest BCUT2D eigenvalue weighted by Gasteiger charge is -2.10. The summed E-state index contributed by atoms with van der Waals surface area (Å²) in [6.45, 7) is 1.76. The van der Waals surface area contributed by atoms with Crippen molar-refractivity contribution in [2.75, 3.05) is 0 Å². The molecular weight excluding hydrogens is 414 g/mol. The van der Waals surface area contributed by atoms with Gasteiger partial charge in [-0.2, -0.15) is 13.2 Å². The van der Waals surface area contributed by atoms with Crippen LogP contribution in [0.25, 0.3) is 17.0 Å². The summed E-state index contributed by atoms with van der Waals surface area (Å²) in [6, 6.07) is 9.48. The van der Waals surface area contributed by atoms with Crippen molar-refractivity contribution in [3.8, 4) is 5.75 Å². The molecule has 0 spiro atoms. The molecule has 0 aliphatic rings. The first kappa shape index (κ1) is 20.2. The van der Waals surface area contributed by atoms with E-state index in [2.05, 4.69) is 4.98 Å². The zero-order valence-electron chi connectivity index (χ0n) is 14.3. The van der Waals surface area contributed by atoms with E-state index in [1.54, 1.807) is 19.1 Å². The second-order valence-electron chi connectivity index (χ2n) is 5.90. The Bertz CT molecular complexity index is 1090. The second-order valence-corrected chi connectivity index (χ2v) is 6.71. The zero-order valence-corrected chi connectivity index (χ0v) is 15.9. The molecule has 1 heterocycles. The van der Waals surface area contributed by atoms with Crippen molar-refractivity contribution in [3.63, 3.8) is 0 Å². The molecule has 28 heavy (non-hydrogen) atoms. The van der Waals surface area contributed by atoms with Crippen molar-refractivity contribution in [1.82, 2.24) is 4.98 Å². The number of nitrogens with zero attached hydrogens (tertiary/aromatic N) is 1. The van der Waals surface area contributed by atoms with Gasteiger partial charge in [-0.25, -0.2) is 9.78 Å². The number of hydrogen-bond donors (Lipinski definition) is 0. The number of carbonyl (C=O) groups is 1. The van der Waals surface area contributed by atoms with Crippen molar-refractivity contribution in [2.24, 2.45) is 0 Å². The van der Waals surface area contributed by atoms with Crippen LogP contribution in [0.15, 0.2) is 48.5 Å². The van der Waals surface area contributed by atoms with Crippen LogP contribution >= 0.6 is 23.2 Å². The number of pyridine rings is 1. The molecule has 0 radical (unpaired) electrons. The highest BCUT2D eigenvalue weighted by Gasteiger charge is 2.30. The molecule has 0 atom stereocenters. The molecule has 3 aromatic rings. The number of rotatable bonds is 3. The van der Waals surface area contributed by atoms with Crippen molar-refractivity contribution in [1.29, 1.82) is 0 Å². The second kappa shape index (κ2) is 7.81. The Hall–Kier alpha value is -2.57. The van der Waals surface area contributed by atoms with E-state index in [1.165, 1.54) is 24.3 Å². The van der Waals surface area contributed by atoms with Gasteiger partial charge in [0.05, 0.1) is 15.6 Å². The predicted octanol–water partition coefficient (Wildman–Crippen LogP) is 6.49. The molecule has 3 nitrogen and oxygen atoms in total. The number of aromatic nitrogens is 1. The Morgan fingerprint density at radius 2 is 1.86 bits per heavy atom. The summed E-state index contributed by atoms with van der Waals surface area (Å²) in [5, 5.41) is 1.00. The Morgan fingerprint density at radius 3 is 2.57 bits per heavy atom. The molecule has 0 amide bonds. The van der Waals surface area contributed by atoms with Gasteiger partial charge in [0.2, 0.25) is 0 Å². The van der Waals surface area contributed by atoms with Crippen LogP contribution in [0.5, 0.6) is 5.75 Å². The Labute approximate surface area is 168 Å². The number of hydrogen-bond acceptors (Lipinski definition) is 3. The number of aryl methyl sites for hydroxylation is 1. The van der Waals surface area contributed by atoms with Crippen LogP contribution in [0, 0.1) is 6.92 Å². The van der Waals surface area contributed by atoms with E-state index in [4.69, 9.17) is 27.9 Å². The standard InChI is InChI=1S/C20H12Cl2F3NO2/c1-11-5-7-14-15(21)10-16(22)19(18(14)26-11)28-17(27)8-6-12-3-2-4-13(9-12)20(23,24)25/h2-10H,1H3. The summed E-state index contributed by atoms with van der Waals surface area (Å²) in [7, 11) is 0. The molecule has 1 aromatic heterocycles. The summed E-state index contributed by atoms with van der Waals surface area (Å²) < 4.78 is 43.6. The van der Waals surface area contributed by atoms with E-state index in [9.17, 15) is 18.0 Å². The smallest absolute Gasteiger partial charge is 0.416 e. The van der Waals surface area contributed by atoms with Crippen LogP contribution in [0.4, 0.5) is 13.2 Å². The normalized spacial score (nSPS) is 11.9. The van der Waals surface area contributed by atoms with E-state index in [-0.39, 0.29) is 16.3 Å². The summed E-state index contributed by atoms with van der Waals surface area (Å²) in [4.78, 5) is 16.5. The van der Waals surface area contributed by atoms with Crippen LogP contribution in [0.3, 0.4) is 0 Å². The molecule has 8 heteroatoms. The Balaban J connectivity index is 1.88. The van der Waals surface area contributed by atoms with Crippen molar-refractivity contribution >= 4 is 46.2 Å². The van der Waals surface area contributed by atoms with Crippen LogP contribution in [-0.2, 0) is 11.0 Å². The molecule has 0 aliphatic carbocycles. The van der Waals surface area contributed by atoms with Gasteiger partial charge in [-0.15, -0.1) is 0 Å². The maximum atomic E-state index is 12.8. The fraction of sp³-hybridized carbons (Fsp3) is 0.100. The summed E-state index contributed by atoms with van der Waals surface area (Å²) in [5.74, 6) is -0.783. The minimum Gasteiger partial charge on any atom is -0.419 e. The third-order valence-electron chi connectivity index (χ3n) is 3.81. The van der Waals surface area contributed by atoms with Crippen molar-refractivity contribution in [3.05, 3.63) is 75.4 Å². The summed E-state index contributed by atoms with van der Waals surface area (Å²) in [5.41, 5.74) is 0.378. The number of benzene rings is 2. The monoisotopic (exact) mass is 425 g/mol. The quantitative estimate of drug-likeness (QED) is 0.273. The van der Waals surface area contributed by atoms with Gasteiger partial charge >= 0.3 is 12.1 Å². The number of halogens is 5. The molecule has 0 saturated heterocycles. The molecule has 144 valence electrons. The van der Waals surface area contributed by atoms with Crippen LogP contribution in [0.1, 0.15) is 16.8 Å². The SMILES string of the molecule is Cc1ccc2c(Cl)cc(Cl)c(OC(=O)C=Cc3cccc(C(F)(F)F)c3)c2n1. The minimum absolute atomic E-state index is 0.0310. The Kier molecular flexibility index (Phi) is 5.63. The zero-order chi connectivity index (χ0) is 20.5. The summed E-state index contributed by atoms with van der Waals surface area (Å²) in [6.07, 6.45) is -2.23. The number of alkyl halides is 3. The molecule has 0 aliphatic heterocycles. The maximum absolute atomic E-state index is 12.8. The molecule has 2 aromatic carbocycles. The first-order valence-electron chi connectivity index (χ1n) is 7.97. The van der Waals surface area contributed by atoms with E-state index in [0.29, 0.717) is 21.6 Å². The third-order valence-corrected chi connectivity index (χ3v) is 4.40. The molecule has 0 saturated carbocycles. The van der Waals surface area contributed by atoms with Gasteiger partial charge < -0.3 is 4.74 Å². The van der Waals surface area contributed by atoms with Crippen molar-refractivity contribution in [2.45, 2.75) is 13.1 Å². The maximum Gasteiger partial charge on any atom is 0.416 e. The largest absolute Gasteiger partial charge is 0.419 e. The van der Waals surface area contributed by atoms with Gasteiger partial charge in [-0.05, 0) is 48.9 Å². The van der Waals surface area contributed by atoms with Crippen LogP contribution in [0.2, 0.25) is 10.0 Å². The van der Waals surface area contributed by atoms with Gasteiger partial charge in [-0.1, -0.05) is 35.3 Å². The van der Waals surface area contributed by atoms with E-state index in [1.807, 2.05) is 0 Å². The molecular formula is C20H12Cl2F3NO2. The number of ether oxygens (including phenoxy) is 1. The number of fused-ring (bicyclic) bond motifs is 1. The average Bonchev–Trinajstić information content (AvgIpc) is 2.63. The molecule has 0 unspecified atom stereocenters. The van der Waals surface area contributed by atoms with E-state index in [0.717, 1.165) is 18.2 Å². The molecule has 0 fully saturated rings. The fourth-order valence-electron chi connectivity index (χ4n) is 2.50. The number of carbonyl (C=O) groups excluding carboxylic acids is 1.